The third kappa shape index (κ3) is 2.78. The minimum absolute atomic E-state index is 0.00961. The van der Waals surface area contributed by atoms with E-state index in [1.807, 2.05) is 6.92 Å². The molecule has 3 fully saturated rings. The van der Waals surface area contributed by atoms with Gasteiger partial charge in [0.15, 0.2) is 12.4 Å². The van der Waals surface area contributed by atoms with Gasteiger partial charge in [0, 0.05) is 24.2 Å². The zero-order valence-electron chi connectivity index (χ0n) is 17.6. The van der Waals surface area contributed by atoms with Gasteiger partial charge in [0.2, 0.25) is 5.78 Å². The fraction of sp³-hybridized carbons (Fsp3) is 0.783. The molecule has 2 N–H and O–H groups in total. The normalized spacial score (nSPS) is 46.2. The second-order valence-corrected chi connectivity index (χ2v) is 10.1. The maximum absolute atomic E-state index is 12.9. The topological polar surface area (TPSA) is 101 Å². The quantitative estimate of drug-likeness (QED) is 0.701. The molecule has 4 rings (SSSR count). The van der Waals surface area contributed by atoms with Gasteiger partial charge in [-0.15, -0.1) is 0 Å². The van der Waals surface area contributed by atoms with E-state index in [9.17, 15) is 24.6 Å². The maximum atomic E-state index is 12.9. The van der Waals surface area contributed by atoms with Gasteiger partial charge in [0.1, 0.15) is 5.60 Å². The molecule has 0 aliphatic heterocycles. The molecule has 0 aromatic carbocycles. The standard InChI is InChI=1S/C23H32O6/c1-13(24)29-12-20(27)23(28)9-7-17-16-5-4-14-10-15(25)11-19(26)22(14,3)18(16)6-8-21(17,23)2/h10,16-19,26,28H,4-9,11-12H2,1-3H3/t16-,17-,18-,19+,21-,22-,23-/m0/s1. The Labute approximate surface area is 171 Å². The molecule has 3 saturated carbocycles. The molecule has 7 atom stereocenters. The fourth-order valence-electron chi connectivity index (χ4n) is 7.37. The van der Waals surface area contributed by atoms with Crippen LogP contribution in [-0.4, -0.2) is 46.1 Å². The predicted molar refractivity (Wildman–Crippen MR) is 105 cm³/mol. The van der Waals surface area contributed by atoms with Crippen LogP contribution in [0.1, 0.15) is 65.7 Å². The Hall–Kier alpha value is -1.53. The zero-order valence-corrected chi connectivity index (χ0v) is 17.6. The van der Waals surface area contributed by atoms with Crippen molar-refractivity contribution in [3.8, 4) is 0 Å². The molecule has 0 unspecified atom stereocenters. The van der Waals surface area contributed by atoms with Crippen LogP contribution in [0.25, 0.3) is 0 Å². The highest BCUT2D eigenvalue weighted by Gasteiger charge is 2.67. The minimum atomic E-state index is -1.48. The summed E-state index contributed by atoms with van der Waals surface area (Å²) in [5.74, 6) is -0.192. The average Bonchev–Trinajstić information content (AvgIpc) is 2.93. The molecule has 29 heavy (non-hydrogen) atoms. The highest BCUT2D eigenvalue weighted by atomic mass is 16.5. The molecule has 4 aliphatic carbocycles. The lowest BCUT2D eigenvalue weighted by atomic mass is 9.45. The number of hydrogen-bond acceptors (Lipinski definition) is 6. The van der Waals surface area contributed by atoms with Gasteiger partial charge in [-0.05, 0) is 62.4 Å². The molecule has 0 aromatic rings. The number of Topliss-reactive ketones (excluding diaryl/α,β-unsaturated/α-hetero) is 1. The smallest absolute Gasteiger partial charge is 0.303 e. The van der Waals surface area contributed by atoms with Crippen LogP contribution >= 0.6 is 0 Å². The second kappa shape index (κ2) is 6.74. The van der Waals surface area contributed by atoms with Crippen molar-refractivity contribution in [2.45, 2.75) is 77.4 Å². The maximum Gasteiger partial charge on any atom is 0.303 e. The summed E-state index contributed by atoms with van der Waals surface area (Å²) in [6.07, 6.45) is 5.60. The zero-order chi connectivity index (χ0) is 21.2. The van der Waals surface area contributed by atoms with Crippen molar-refractivity contribution < 1.29 is 29.3 Å². The Kier molecular flexibility index (Phi) is 4.82. The molecule has 0 saturated heterocycles. The average molecular weight is 405 g/mol. The molecular weight excluding hydrogens is 372 g/mol. The SMILES string of the molecule is CC(=O)OCC(=O)[C@@]1(O)CC[C@H]2[C@@H]3CCC4=CC(=O)C[C@@H](O)[C@]4(C)[C@H]3CC[C@@]21C. The summed E-state index contributed by atoms with van der Waals surface area (Å²) in [5, 5.41) is 22.3. The summed E-state index contributed by atoms with van der Waals surface area (Å²) < 4.78 is 4.90. The number of ketones is 2. The van der Waals surface area contributed by atoms with Crippen molar-refractivity contribution in [3.05, 3.63) is 11.6 Å². The summed E-state index contributed by atoms with van der Waals surface area (Å²) >= 11 is 0. The molecule has 0 amide bonds. The van der Waals surface area contributed by atoms with Crippen LogP contribution in [0.2, 0.25) is 0 Å². The molecule has 4 aliphatic rings. The van der Waals surface area contributed by atoms with E-state index in [1.54, 1.807) is 6.08 Å². The monoisotopic (exact) mass is 404 g/mol. The number of aliphatic hydroxyl groups is 2. The number of hydrogen-bond donors (Lipinski definition) is 2. The lowest BCUT2D eigenvalue weighted by Crippen LogP contribution is -2.59. The van der Waals surface area contributed by atoms with Crippen molar-refractivity contribution >= 4 is 17.5 Å². The molecule has 0 heterocycles. The van der Waals surface area contributed by atoms with Gasteiger partial charge in [-0.25, -0.2) is 0 Å². The van der Waals surface area contributed by atoms with Gasteiger partial charge < -0.3 is 14.9 Å². The number of ether oxygens (including phenoxy) is 1. The van der Waals surface area contributed by atoms with Crippen LogP contribution in [-0.2, 0) is 19.1 Å². The number of esters is 1. The molecule has 6 nitrogen and oxygen atoms in total. The number of rotatable bonds is 3. The number of carbonyl (C=O) groups excluding carboxylic acids is 3. The first-order chi connectivity index (χ1) is 13.5. The van der Waals surface area contributed by atoms with E-state index >= 15 is 0 Å². The summed E-state index contributed by atoms with van der Waals surface area (Å²) in [6.45, 7) is 4.99. The van der Waals surface area contributed by atoms with Crippen molar-refractivity contribution in [1.82, 2.24) is 0 Å². The van der Waals surface area contributed by atoms with E-state index in [2.05, 4.69) is 6.92 Å². The van der Waals surface area contributed by atoms with Gasteiger partial charge >= 0.3 is 5.97 Å². The molecule has 6 heteroatoms. The summed E-state index contributed by atoms with van der Waals surface area (Å²) in [5.41, 5.74) is -1.36. The van der Waals surface area contributed by atoms with Gasteiger partial charge in [0.25, 0.3) is 0 Å². The van der Waals surface area contributed by atoms with Gasteiger partial charge in [0.05, 0.1) is 6.10 Å². The third-order valence-electron chi connectivity index (χ3n) is 9.09. The Morgan fingerprint density at radius 3 is 2.55 bits per heavy atom. The summed E-state index contributed by atoms with van der Waals surface area (Å²) in [7, 11) is 0. The van der Waals surface area contributed by atoms with Gasteiger partial charge in [-0.3, -0.25) is 14.4 Å². The third-order valence-corrected chi connectivity index (χ3v) is 9.09. The van der Waals surface area contributed by atoms with Gasteiger partial charge in [-0.1, -0.05) is 19.4 Å². The lowest BCUT2D eigenvalue weighted by molar-refractivity contribution is -0.172. The van der Waals surface area contributed by atoms with E-state index < -0.39 is 34.3 Å². The van der Waals surface area contributed by atoms with Crippen molar-refractivity contribution in [3.63, 3.8) is 0 Å². The molecule has 0 bridgehead atoms. The van der Waals surface area contributed by atoms with E-state index in [4.69, 9.17) is 4.74 Å². The van der Waals surface area contributed by atoms with Crippen molar-refractivity contribution in [2.24, 2.45) is 28.6 Å². The highest BCUT2D eigenvalue weighted by Crippen LogP contribution is 2.67. The largest absolute Gasteiger partial charge is 0.458 e. The predicted octanol–water partition coefficient (Wildman–Crippen LogP) is 2.35. The molecule has 160 valence electrons. The van der Waals surface area contributed by atoms with Crippen LogP contribution < -0.4 is 0 Å². The Bertz CT molecular complexity index is 786. The van der Waals surface area contributed by atoms with Crippen LogP contribution in [0.5, 0.6) is 0 Å². The molecule has 0 aromatic heterocycles. The van der Waals surface area contributed by atoms with Crippen LogP contribution in [0.4, 0.5) is 0 Å². The van der Waals surface area contributed by atoms with Crippen molar-refractivity contribution in [1.29, 1.82) is 0 Å². The Morgan fingerprint density at radius 2 is 1.86 bits per heavy atom. The first kappa shape index (κ1) is 20.7. The summed E-state index contributed by atoms with van der Waals surface area (Å²) in [4.78, 5) is 36.0. The molecule has 0 radical (unpaired) electrons. The molecular formula is C23H32O6. The first-order valence-electron chi connectivity index (χ1n) is 10.8. The Balaban J connectivity index is 1.63. The Morgan fingerprint density at radius 1 is 1.17 bits per heavy atom. The van der Waals surface area contributed by atoms with E-state index in [0.717, 1.165) is 31.3 Å². The van der Waals surface area contributed by atoms with E-state index in [-0.39, 0.29) is 30.6 Å². The van der Waals surface area contributed by atoms with E-state index in [1.165, 1.54) is 6.92 Å². The van der Waals surface area contributed by atoms with Crippen molar-refractivity contribution in [2.75, 3.05) is 6.61 Å². The van der Waals surface area contributed by atoms with Crippen LogP contribution in [0, 0.1) is 28.6 Å². The molecule has 0 spiro atoms. The first-order valence-corrected chi connectivity index (χ1v) is 10.8. The lowest BCUT2D eigenvalue weighted by Gasteiger charge is -2.59. The van der Waals surface area contributed by atoms with E-state index in [0.29, 0.717) is 18.8 Å². The van der Waals surface area contributed by atoms with Crippen LogP contribution in [0.15, 0.2) is 11.6 Å². The number of aliphatic hydroxyl groups excluding tert-OH is 1. The highest BCUT2D eigenvalue weighted by molar-refractivity contribution is 5.92. The number of fused-ring (bicyclic) bond motifs is 5. The second-order valence-electron chi connectivity index (χ2n) is 10.1. The van der Waals surface area contributed by atoms with Gasteiger partial charge in [-0.2, -0.15) is 0 Å². The minimum Gasteiger partial charge on any atom is -0.458 e. The van der Waals surface area contributed by atoms with Crippen LogP contribution in [0.3, 0.4) is 0 Å². The fourth-order valence-corrected chi connectivity index (χ4v) is 7.37. The summed E-state index contributed by atoms with van der Waals surface area (Å²) in [6, 6.07) is 0. The number of carbonyl (C=O) groups is 3.